The van der Waals surface area contributed by atoms with E-state index < -0.39 is 0 Å². The van der Waals surface area contributed by atoms with Crippen LogP contribution in [-0.4, -0.2) is 41.2 Å². The fraction of sp³-hybridized carbons (Fsp3) is 0.444. The van der Waals surface area contributed by atoms with Gasteiger partial charge in [0.15, 0.2) is 0 Å². The van der Waals surface area contributed by atoms with Crippen molar-refractivity contribution in [2.24, 2.45) is 7.05 Å². The van der Waals surface area contributed by atoms with E-state index in [1.165, 1.54) is 22.0 Å². The van der Waals surface area contributed by atoms with Crippen molar-refractivity contribution in [1.82, 2.24) is 14.8 Å². The van der Waals surface area contributed by atoms with Gasteiger partial charge in [0.05, 0.1) is 13.0 Å². The zero-order chi connectivity index (χ0) is 17.1. The largest absolute Gasteiger partial charge is 0.466 e. The third-order valence-electron chi connectivity index (χ3n) is 4.39. The molecule has 24 heavy (non-hydrogen) atoms. The molecule has 2 heterocycles. The van der Waals surface area contributed by atoms with E-state index in [9.17, 15) is 9.59 Å². The zero-order valence-corrected chi connectivity index (χ0v) is 14.2. The van der Waals surface area contributed by atoms with Crippen LogP contribution >= 0.6 is 0 Å². The summed E-state index contributed by atoms with van der Waals surface area (Å²) < 4.78 is 7.01. The van der Waals surface area contributed by atoms with Crippen LogP contribution in [0.3, 0.4) is 0 Å². The number of rotatable bonds is 4. The second-order valence-electron chi connectivity index (χ2n) is 6.04. The lowest BCUT2D eigenvalue weighted by atomic mass is 10.1. The van der Waals surface area contributed by atoms with E-state index in [0.29, 0.717) is 26.2 Å². The Balaban J connectivity index is 1.66. The monoisotopic (exact) mass is 329 g/mol. The van der Waals surface area contributed by atoms with E-state index in [2.05, 4.69) is 35.3 Å². The SMILES string of the molecule is CCOC(=O)CCNC(=O)N1CCc2cn(C)c3cccc(c23)C1. The maximum atomic E-state index is 12.4. The van der Waals surface area contributed by atoms with Gasteiger partial charge in [-0.2, -0.15) is 0 Å². The molecule has 1 N–H and O–H groups in total. The van der Waals surface area contributed by atoms with Gasteiger partial charge in [-0.1, -0.05) is 12.1 Å². The number of carbonyl (C=O) groups is 2. The van der Waals surface area contributed by atoms with E-state index >= 15 is 0 Å². The first-order chi connectivity index (χ1) is 11.6. The minimum atomic E-state index is -0.286. The molecule has 128 valence electrons. The quantitative estimate of drug-likeness (QED) is 0.875. The maximum absolute atomic E-state index is 12.4. The Kier molecular flexibility index (Phi) is 4.74. The summed E-state index contributed by atoms with van der Waals surface area (Å²) in [6.07, 6.45) is 3.18. The van der Waals surface area contributed by atoms with E-state index in [1.54, 1.807) is 11.8 Å². The van der Waals surface area contributed by atoms with Gasteiger partial charge < -0.3 is 19.5 Å². The van der Waals surface area contributed by atoms with Crippen molar-refractivity contribution in [3.8, 4) is 0 Å². The normalized spacial score (nSPS) is 13.7. The van der Waals surface area contributed by atoms with Gasteiger partial charge in [0, 0.05) is 43.8 Å². The van der Waals surface area contributed by atoms with Crippen molar-refractivity contribution in [2.75, 3.05) is 19.7 Å². The van der Waals surface area contributed by atoms with Crippen LogP contribution in [0.2, 0.25) is 0 Å². The number of hydrogen-bond donors (Lipinski definition) is 1. The Hall–Kier alpha value is -2.50. The van der Waals surface area contributed by atoms with E-state index in [1.807, 2.05) is 6.07 Å². The Morgan fingerprint density at radius 1 is 1.29 bits per heavy atom. The molecule has 0 atom stereocenters. The zero-order valence-electron chi connectivity index (χ0n) is 14.2. The first kappa shape index (κ1) is 16.4. The summed E-state index contributed by atoms with van der Waals surface area (Å²) in [4.78, 5) is 25.6. The van der Waals surface area contributed by atoms with E-state index in [0.717, 1.165) is 6.42 Å². The van der Waals surface area contributed by atoms with Crippen molar-refractivity contribution < 1.29 is 14.3 Å². The lowest BCUT2D eigenvalue weighted by Crippen LogP contribution is -2.41. The highest BCUT2D eigenvalue weighted by atomic mass is 16.5. The number of carbonyl (C=O) groups excluding carboxylic acids is 2. The average Bonchev–Trinajstić information content (AvgIpc) is 2.76. The Labute approximate surface area is 141 Å². The Morgan fingerprint density at radius 2 is 2.12 bits per heavy atom. The molecule has 2 amide bonds. The molecule has 0 spiro atoms. The summed E-state index contributed by atoms with van der Waals surface area (Å²) >= 11 is 0. The average molecular weight is 329 g/mol. The molecule has 0 unspecified atom stereocenters. The third-order valence-corrected chi connectivity index (χ3v) is 4.39. The Bertz CT molecular complexity index is 766. The van der Waals surface area contributed by atoms with Crippen molar-refractivity contribution in [3.05, 3.63) is 35.5 Å². The molecule has 1 aromatic heterocycles. The van der Waals surface area contributed by atoms with Crippen LogP contribution in [0.15, 0.2) is 24.4 Å². The molecule has 1 aliphatic heterocycles. The van der Waals surface area contributed by atoms with Gasteiger partial charge >= 0.3 is 12.0 Å². The van der Waals surface area contributed by atoms with E-state index in [-0.39, 0.29) is 18.4 Å². The van der Waals surface area contributed by atoms with Crippen LogP contribution in [-0.2, 0) is 29.5 Å². The molecule has 0 saturated heterocycles. The standard InChI is InChI=1S/C18H23N3O3/c1-3-24-16(22)7-9-19-18(23)21-10-8-14-11-20(2)15-6-4-5-13(12-21)17(14)15/h4-6,11H,3,7-10,12H2,1-2H3,(H,19,23). The number of esters is 1. The molecule has 0 saturated carbocycles. The molecule has 1 aromatic carbocycles. The maximum Gasteiger partial charge on any atom is 0.317 e. The fourth-order valence-corrected chi connectivity index (χ4v) is 3.27. The number of aromatic nitrogens is 1. The summed E-state index contributed by atoms with van der Waals surface area (Å²) in [5.41, 5.74) is 3.65. The highest BCUT2D eigenvalue weighted by Gasteiger charge is 2.21. The van der Waals surface area contributed by atoms with Gasteiger partial charge in [-0.05, 0) is 30.5 Å². The van der Waals surface area contributed by atoms with Crippen molar-refractivity contribution in [1.29, 1.82) is 0 Å². The van der Waals surface area contributed by atoms with Gasteiger partial charge in [0.25, 0.3) is 0 Å². The van der Waals surface area contributed by atoms with Crippen LogP contribution in [0.25, 0.3) is 10.9 Å². The lowest BCUT2D eigenvalue weighted by molar-refractivity contribution is -0.142. The fourth-order valence-electron chi connectivity index (χ4n) is 3.27. The van der Waals surface area contributed by atoms with Crippen molar-refractivity contribution in [2.45, 2.75) is 26.3 Å². The number of nitrogens with zero attached hydrogens (tertiary/aromatic N) is 2. The van der Waals surface area contributed by atoms with Crippen LogP contribution < -0.4 is 5.32 Å². The molecule has 0 fully saturated rings. The predicted octanol–water partition coefficient (Wildman–Crippen LogP) is 2.20. The highest BCUT2D eigenvalue weighted by molar-refractivity contribution is 5.88. The molecular weight excluding hydrogens is 306 g/mol. The van der Waals surface area contributed by atoms with Crippen molar-refractivity contribution in [3.63, 3.8) is 0 Å². The number of nitrogens with one attached hydrogen (secondary N) is 1. The van der Waals surface area contributed by atoms with Crippen LogP contribution in [0.4, 0.5) is 4.79 Å². The number of amides is 2. The summed E-state index contributed by atoms with van der Waals surface area (Å²) in [7, 11) is 2.05. The van der Waals surface area contributed by atoms with Gasteiger partial charge in [-0.3, -0.25) is 4.79 Å². The highest BCUT2D eigenvalue weighted by Crippen LogP contribution is 2.28. The predicted molar refractivity (Wildman–Crippen MR) is 91.7 cm³/mol. The topological polar surface area (TPSA) is 63.6 Å². The molecular formula is C18H23N3O3. The number of benzene rings is 1. The van der Waals surface area contributed by atoms with E-state index in [4.69, 9.17) is 4.74 Å². The lowest BCUT2D eigenvalue weighted by Gasteiger charge is -2.21. The summed E-state index contributed by atoms with van der Waals surface area (Å²) in [6.45, 7) is 3.68. The minimum absolute atomic E-state index is 0.133. The summed E-state index contributed by atoms with van der Waals surface area (Å²) in [5.74, 6) is -0.286. The molecule has 6 nitrogen and oxygen atoms in total. The van der Waals surface area contributed by atoms with Gasteiger partial charge in [0.2, 0.25) is 0 Å². The number of hydrogen-bond acceptors (Lipinski definition) is 3. The second kappa shape index (κ2) is 6.95. The Morgan fingerprint density at radius 3 is 2.92 bits per heavy atom. The molecule has 2 aromatic rings. The summed E-state index contributed by atoms with van der Waals surface area (Å²) in [5, 5.41) is 4.08. The first-order valence-electron chi connectivity index (χ1n) is 8.34. The van der Waals surface area contributed by atoms with Gasteiger partial charge in [-0.15, -0.1) is 0 Å². The smallest absolute Gasteiger partial charge is 0.317 e. The van der Waals surface area contributed by atoms with Crippen LogP contribution in [0, 0.1) is 0 Å². The van der Waals surface area contributed by atoms with Gasteiger partial charge in [0.1, 0.15) is 0 Å². The third kappa shape index (κ3) is 3.22. The molecule has 1 aliphatic rings. The van der Waals surface area contributed by atoms with Gasteiger partial charge in [-0.25, -0.2) is 4.79 Å². The van der Waals surface area contributed by atoms with Crippen LogP contribution in [0.1, 0.15) is 24.5 Å². The molecule has 0 aliphatic carbocycles. The molecule has 3 rings (SSSR count). The van der Waals surface area contributed by atoms with Crippen molar-refractivity contribution >= 4 is 22.9 Å². The molecule has 0 bridgehead atoms. The second-order valence-corrected chi connectivity index (χ2v) is 6.04. The first-order valence-corrected chi connectivity index (χ1v) is 8.34. The number of urea groups is 1. The molecule has 0 radical (unpaired) electrons. The summed E-state index contributed by atoms with van der Waals surface area (Å²) in [6, 6.07) is 6.09. The van der Waals surface area contributed by atoms with Crippen LogP contribution in [0.5, 0.6) is 0 Å². The minimum Gasteiger partial charge on any atom is -0.466 e. The molecule has 6 heteroatoms. The number of ether oxygens (including phenoxy) is 1. The number of aryl methyl sites for hydroxylation is 1.